The zero-order valence-electron chi connectivity index (χ0n) is 27.2. The van der Waals surface area contributed by atoms with Crippen molar-refractivity contribution in [3.8, 4) is 0 Å². The van der Waals surface area contributed by atoms with Gasteiger partial charge in [0, 0.05) is 41.4 Å². The molecule has 1 fully saturated rings. The first-order valence-corrected chi connectivity index (χ1v) is 18.0. The van der Waals surface area contributed by atoms with E-state index in [1.165, 1.54) is 26.5 Å². The average Bonchev–Trinajstić information content (AvgIpc) is 3.96. The summed E-state index contributed by atoms with van der Waals surface area (Å²) in [5.41, 5.74) is 4.82. The van der Waals surface area contributed by atoms with Crippen LogP contribution in [0.5, 0.6) is 0 Å². The lowest BCUT2D eigenvalue weighted by Gasteiger charge is -2.31. The van der Waals surface area contributed by atoms with Gasteiger partial charge in [0.1, 0.15) is 22.8 Å². The van der Waals surface area contributed by atoms with Crippen LogP contribution in [0.4, 0.5) is 0 Å². The third-order valence-corrected chi connectivity index (χ3v) is 11.0. The summed E-state index contributed by atoms with van der Waals surface area (Å²) in [6.07, 6.45) is 12.3. The van der Waals surface area contributed by atoms with E-state index in [-0.39, 0.29) is 18.5 Å². The number of nitrogens with zero attached hydrogens (tertiary/aromatic N) is 10. The number of aryl methyl sites for hydroxylation is 3. The number of carbonyl (C=O) groups is 1. The number of nitrogens with one attached hydrogen (secondary N) is 3. The normalized spacial score (nSPS) is 15.4. The van der Waals surface area contributed by atoms with E-state index < -0.39 is 5.41 Å². The summed E-state index contributed by atoms with van der Waals surface area (Å²) in [7, 11) is 0. The van der Waals surface area contributed by atoms with E-state index >= 15 is 0 Å². The second kappa shape index (κ2) is 14.7. The van der Waals surface area contributed by atoms with Crippen molar-refractivity contribution >= 4 is 34.2 Å². The van der Waals surface area contributed by atoms with Gasteiger partial charge in [-0.2, -0.15) is 46.2 Å². The Bertz CT molecular complexity index is 1830. The molecule has 17 heteroatoms. The monoisotopic (exact) mass is 699 g/mol. The van der Waals surface area contributed by atoms with Gasteiger partial charge in [0.25, 0.3) is 0 Å². The molecule has 7 rings (SSSR count). The van der Waals surface area contributed by atoms with Crippen LogP contribution in [0, 0.1) is 19.8 Å². The Balaban J connectivity index is 0.937. The number of likely N-dealkylation sites (tertiary alicyclic amines) is 1. The van der Waals surface area contributed by atoms with Crippen molar-refractivity contribution in [1.82, 2.24) is 66.1 Å². The van der Waals surface area contributed by atoms with Gasteiger partial charge in [-0.3, -0.25) is 9.48 Å². The fourth-order valence-corrected chi connectivity index (χ4v) is 8.47. The van der Waals surface area contributed by atoms with Crippen molar-refractivity contribution in [2.24, 2.45) is 5.92 Å². The van der Waals surface area contributed by atoms with E-state index in [9.17, 15) is 4.79 Å². The molecule has 1 aliphatic rings. The molecular formula is C32H37N13O2S2. The summed E-state index contributed by atoms with van der Waals surface area (Å²) < 4.78 is 7.47. The number of ether oxygens (including phenoxy) is 1. The third kappa shape index (κ3) is 6.73. The Morgan fingerprint density at radius 3 is 2.12 bits per heavy atom. The first-order chi connectivity index (χ1) is 24.0. The van der Waals surface area contributed by atoms with Crippen LogP contribution in [-0.2, 0) is 21.5 Å². The number of esters is 1. The number of carbonyl (C=O) groups excluding carboxylic acids is 1. The van der Waals surface area contributed by atoms with Crippen LogP contribution >= 0.6 is 22.7 Å². The molecule has 6 aromatic heterocycles. The van der Waals surface area contributed by atoms with E-state index in [1.807, 2.05) is 0 Å². The Morgan fingerprint density at radius 1 is 0.939 bits per heavy atom. The van der Waals surface area contributed by atoms with Crippen LogP contribution in [0.25, 0.3) is 5.57 Å². The fraction of sp³-hybridized carbons (Fsp3) is 0.406. The smallest absolute Gasteiger partial charge is 0.310 e. The number of H-pyrrole nitrogens is 3. The molecule has 0 aliphatic carbocycles. The maximum absolute atomic E-state index is 13.1. The zero-order valence-corrected chi connectivity index (χ0v) is 28.9. The molecule has 0 spiro atoms. The maximum atomic E-state index is 13.1. The molecule has 0 amide bonds. The third-order valence-electron chi connectivity index (χ3n) is 8.94. The highest BCUT2D eigenvalue weighted by Crippen LogP contribution is 2.40. The summed E-state index contributed by atoms with van der Waals surface area (Å²) in [5, 5.41) is 46.2. The van der Waals surface area contributed by atoms with Crippen LogP contribution in [0.3, 0.4) is 0 Å². The SMILES string of the molecule is Cc1ccsc1C(=CCCN1CCC[C@H](C(=O)OCCCn2cc(C(c3cn[nH]n3)(c3cn[nH]n3)c3cn[nH]n3)nn2)C1)c1sccc1C. The van der Waals surface area contributed by atoms with E-state index in [4.69, 9.17) is 4.74 Å². The zero-order chi connectivity index (χ0) is 33.6. The maximum Gasteiger partial charge on any atom is 0.310 e. The highest BCUT2D eigenvalue weighted by Gasteiger charge is 2.48. The van der Waals surface area contributed by atoms with Gasteiger partial charge in [-0.25, -0.2) is 0 Å². The lowest BCUT2D eigenvalue weighted by Crippen LogP contribution is -2.39. The number of hydrogen-bond donors (Lipinski definition) is 3. The van der Waals surface area contributed by atoms with Crippen LogP contribution < -0.4 is 0 Å². The Kier molecular flexibility index (Phi) is 9.81. The molecule has 1 atom stereocenters. The number of aromatic nitrogens is 12. The van der Waals surface area contributed by atoms with E-state index in [2.05, 4.69) is 104 Å². The molecule has 1 saturated heterocycles. The summed E-state index contributed by atoms with van der Waals surface area (Å²) in [6.45, 7) is 7.77. The lowest BCUT2D eigenvalue weighted by molar-refractivity contribution is -0.150. The van der Waals surface area contributed by atoms with Gasteiger partial charge in [-0.05, 0) is 73.7 Å². The van der Waals surface area contributed by atoms with Crippen molar-refractivity contribution < 1.29 is 9.53 Å². The van der Waals surface area contributed by atoms with Crippen LogP contribution in [0.15, 0.2) is 53.8 Å². The largest absolute Gasteiger partial charge is 0.465 e. The summed E-state index contributed by atoms with van der Waals surface area (Å²) in [5.74, 6) is -0.256. The standard InChI is InChI=1S/C32H37N13O2S2/c1-21-8-14-48-29(21)24(30-22(2)9-15-49-30)7-4-11-44-10-3-6-23(19-44)31(46)47-13-5-12-45-20-28(39-43-45)32(25-16-33-40-36-25,26-17-34-41-37-26)27-18-35-42-38-27/h7-9,14-18,20,23H,3-6,10-13,19H2,1-2H3,(H,33,36,40)(H,34,37,41)(H,35,38,42)/t23-/m0/s1. The number of rotatable bonds is 14. The van der Waals surface area contributed by atoms with Crippen molar-refractivity contribution in [2.75, 3.05) is 26.2 Å². The lowest BCUT2D eigenvalue weighted by atomic mass is 9.76. The Labute approximate surface area is 290 Å². The minimum atomic E-state index is -1.16. The minimum absolute atomic E-state index is 0.123. The van der Waals surface area contributed by atoms with E-state index in [0.29, 0.717) is 35.7 Å². The van der Waals surface area contributed by atoms with Crippen molar-refractivity contribution in [1.29, 1.82) is 0 Å². The molecule has 254 valence electrons. The Hall–Kier alpha value is -4.87. The molecule has 1 aliphatic heterocycles. The van der Waals surface area contributed by atoms with Gasteiger partial charge in [-0.15, -0.1) is 27.8 Å². The second-order valence-electron chi connectivity index (χ2n) is 12.1. The van der Waals surface area contributed by atoms with Gasteiger partial charge in [0.2, 0.25) is 0 Å². The quantitative estimate of drug-likeness (QED) is 0.111. The van der Waals surface area contributed by atoms with Gasteiger partial charge in [0.05, 0.1) is 37.3 Å². The molecule has 7 heterocycles. The molecule has 0 radical (unpaired) electrons. The average molecular weight is 700 g/mol. The highest BCUT2D eigenvalue weighted by atomic mass is 32.1. The molecule has 6 aromatic rings. The van der Waals surface area contributed by atoms with Crippen molar-refractivity contribution in [3.05, 3.63) is 97.4 Å². The van der Waals surface area contributed by atoms with Crippen molar-refractivity contribution in [2.45, 2.75) is 51.5 Å². The molecule has 0 unspecified atom stereocenters. The van der Waals surface area contributed by atoms with Gasteiger partial charge in [-0.1, -0.05) is 11.3 Å². The minimum Gasteiger partial charge on any atom is -0.465 e. The summed E-state index contributed by atoms with van der Waals surface area (Å²) in [6, 6.07) is 4.37. The molecule has 49 heavy (non-hydrogen) atoms. The molecular weight excluding hydrogens is 663 g/mol. The number of aromatic amines is 3. The molecule has 0 bridgehead atoms. The fourth-order valence-electron chi connectivity index (χ4n) is 6.46. The first kappa shape index (κ1) is 32.7. The van der Waals surface area contributed by atoms with E-state index in [0.717, 1.165) is 38.9 Å². The number of hydrogen-bond acceptors (Lipinski definition) is 13. The highest BCUT2D eigenvalue weighted by molar-refractivity contribution is 7.14. The first-order valence-electron chi connectivity index (χ1n) is 16.2. The second-order valence-corrected chi connectivity index (χ2v) is 13.9. The van der Waals surface area contributed by atoms with Gasteiger partial charge < -0.3 is 9.64 Å². The molecule has 15 nitrogen and oxygen atoms in total. The Morgan fingerprint density at radius 2 is 1.57 bits per heavy atom. The molecule has 0 saturated carbocycles. The topological polar surface area (TPSA) is 185 Å². The summed E-state index contributed by atoms with van der Waals surface area (Å²) >= 11 is 3.60. The van der Waals surface area contributed by atoms with Crippen LogP contribution in [0.2, 0.25) is 0 Å². The predicted octanol–water partition coefficient (Wildman–Crippen LogP) is 3.92. The summed E-state index contributed by atoms with van der Waals surface area (Å²) in [4.78, 5) is 18.2. The predicted molar refractivity (Wildman–Crippen MR) is 183 cm³/mol. The number of thiophene rings is 2. The van der Waals surface area contributed by atoms with Crippen LogP contribution in [-0.4, -0.2) is 98.3 Å². The van der Waals surface area contributed by atoms with Gasteiger partial charge in [0.15, 0.2) is 5.41 Å². The number of piperidine rings is 1. The molecule has 0 aromatic carbocycles. The van der Waals surface area contributed by atoms with Crippen LogP contribution in [0.1, 0.15) is 69.3 Å². The van der Waals surface area contributed by atoms with Gasteiger partial charge >= 0.3 is 5.97 Å². The van der Waals surface area contributed by atoms with Crippen molar-refractivity contribution in [3.63, 3.8) is 0 Å². The molecule has 3 N–H and O–H groups in total. The van der Waals surface area contributed by atoms with E-state index in [1.54, 1.807) is 52.1 Å².